The van der Waals surface area contributed by atoms with Gasteiger partial charge in [-0.25, -0.2) is 4.98 Å². The molecule has 2 aromatic heterocycles. The summed E-state index contributed by atoms with van der Waals surface area (Å²) in [7, 11) is 1.92. The molecule has 0 aliphatic carbocycles. The molecule has 1 unspecified atom stereocenters. The Hall–Kier alpha value is -3.33. The standard InChI is InChI=1S/C18H15N5O/c1-10-5-11(8-21-7-10)15-12-3-4-14-16(22-9-23(14)2)17(12)24-18(20)13(15)6-19/h3-5,7-9,15H,20H2,1-2H3. The number of hydrogen-bond acceptors (Lipinski definition) is 5. The summed E-state index contributed by atoms with van der Waals surface area (Å²) in [6.45, 7) is 1.97. The number of ether oxygens (including phenoxy) is 1. The van der Waals surface area contributed by atoms with Gasteiger partial charge in [-0.1, -0.05) is 12.1 Å². The SMILES string of the molecule is Cc1cncc(C2C(C#N)=C(N)Oc3c2ccc2c3ncn2C)c1. The number of pyridine rings is 1. The first-order valence-corrected chi connectivity index (χ1v) is 7.53. The third-order valence-electron chi connectivity index (χ3n) is 4.31. The molecule has 6 nitrogen and oxygen atoms in total. The van der Waals surface area contributed by atoms with Gasteiger partial charge in [0.1, 0.15) is 17.2 Å². The van der Waals surface area contributed by atoms with E-state index in [2.05, 4.69) is 16.0 Å². The molecule has 1 aliphatic heterocycles. The van der Waals surface area contributed by atoms with Crippen molar-refractivity contribution >= 4 is 11.0 Å². The van der Waals surface area contributed by atoms with Crippen LogP contribution in [-0.2, 0) is 7.05 Å². The van der Waals surface area contributed by atoms with E-state index in [0.29, 0.717) is 11.3 Å². The van der Waals surface area contributed by atoms with Gasteiger partial charge < -0.3 is 15.0 Å². The number of nitriles is 1. The molecular weight excluding hydrogens is 302 g/mol. The average molecular weight is 317 g/mol. The van der Waals surface area contributed by atoms with Crippen LogP contribution in [0.5, 0.6) is 5.75 Å². The molecule has 0 spiro atoms. The summed E-state index contributed by atoms with van der Waals surface area (Å²) in [5.74, 6) is 0.420. The van der Waals surface area contributed by atoms with Gasteiger partial charge in [0, 0.05) is 25.0 Å². The topological polar surface area (TPSA) is 89.8 Å². The van der Waals surface area contributed by atoms with Crippen molar-refractivity contribution in [2.45, 2.75) is 12.8 Å². The molecule has 0 amide bonds. The van der Waals surface area contributed by atoms with Gasteiger partial charge in [0.05, 0.1) is 17.8 Å². The molecule has 118 valence electrons. The van der Waals surface area contributed by atoms with E-state index in [1.54, 1.807) is 18.7 Å². The monoisotopic (exact) mass is 317 g/mol. The van der Waals surface area contributed by atoms with Gasteiger partial charge in [-0.3, -0.25) is 4.98 Å². The van der Waals surface area contributed by atoms with E-state index in [1.807, 2.05) is 36.7 Å². The molecule has 3 heterocycles. The number of rotatable bonds is 1. The van der Waals surface area contributed by atoms with Crippen LogP contribution in [0, 0.1) is 18.3 Å². The van der Waals surface area contributed by atoms with E-state index in [1.165, 1.54) is 0 Å². The van der Waals surface area contributed by atoms with E-state index in [9.17, 15) is 5.26 Å². The second kappa shape index (κ2) is 5.10. The zero-order valence-electron chi connectivity index (χ0n) is 13.3. The molecule has 0 fully saturated rings. The third kappa shape index (κ3) is 1.95. The quantitative estimate of drug-likeness (QED) is 0.744. The van der Waals surface area contributed by atoms with Crippen LogP contribution in [0.25, 0.3) is 11.0 Å². The second-order valence-corrected chi connectivity index (χ2v) is 5.93. The predicted octanol–water partition coefficient (Wildman–Crippen LogP) is 2.49. The van der Waals surface area contributed by atoms with Crippen LogP contribution >= 0.6 is 0 Å². The van der Waals surface area contributed by atoms with Crippen molar-refractivity contribution in [1.82, 2.24) is 14.5 Å². The van der Waals surface area contributed by atoms with Crippen LogP contribution < -0.4 is 10.5 Å². The molecule has 1 atom stereocenters. The zero-order valence-corrected chi connectivity index (χ0v) is 13.3. The molecule has 0 radical (unpaired) electrons. The second-order valence-electron chi connectivity index (χ2n) is 5.93. The number of allylic oxidation sites excluding steroid dienone is 1. The third-order valence-corrected chi connectivity index (χ3v) is 4.31. The van der Waals surface area contributed by atoms with Gasteiger partial charge in [0.25, 0.3) is 0 Å². The van der Waals surface area contributed by atoms with Crippen molar-refractivity contribution in [3.05, 3.63) is 65.1 Å². The van der Waals surface area contributed by atoms with E-state index < -0.39 is 0 Å². The lowest BCUT2D eigenvalue weighted by Crippen LogP contribution is -2.21. The molecule has 0 saturated heterocycles. The predicted molar refractivity (Wildman–Crippen MR) is 89.0 cm³/mol. The van der Waals surface area contributed by atoms with E-state index in [-0.39, 0.29) is 11.8 Å². The van der Waals surface area contributed by atoms with Crippen LogP contribution in [0.1, 0.15) is 22.6 Å². The van der Waals surface area contributed by atoms with Crippen molar-refractivity contribution in [2.75, 3.05) is 0 Å². The minimum atomic E-state index is -0.308. The molecular formula is C18H15N5O. The van der Waals surface area contributed by atoms with Gasteiger partial charge in [0.2, 0.25) is 5.88 Å². The van der Waals surface area contributed by atoms with Crippen LogP contribution in [0.3, 0.4) is 0 Å². The van der Waals surface area contributed by atoms with Crippen molar-refractivity contribution in [3.8, 4) is 11.8 Å². The Morgan fingerprint density at radius 2 is 2.17 bits per heavy atom. The van der Waals surface area contributed by atoms with E-state index in [4.69, 9.17) is 10.5 Å². The summed E-state index contributed by atoms with van der Waals surface area (Å²) in [6.07, 6.45) is 5.28. The van der Waals surface area contributed by atoms with Crippen molar-refractivity contribution < 1.29 is 4.74 Å². The number of aryl methyl sites for hydroxylation is 2. The lowest BCUT2D eigenvalue weighted by atomic mass is 9.83. The Balaban J connectivity index is 2.02. The molecule has 2 N–H and O–H groups in total. The van der Waals surface area contributed by atoms with Crippen molar-refractivity contribution in [3.63, 3.8) is 0 Å². The van der Waals surface area contributed by atoms with Crippen LogP contribution in [-0.4, -0.2) is 14.5 Å². The number of nitrogens with two attached hydrogens (primary N) is 1. The van der Waals surface area contributed by atoms with Gasteiger partial charge in [-0.05, 0) is 24.1 Å². The Kier molecular flexibility index (Phi) is 3.03. The summed E-state index contributed by atoms with van der Waals surface area (Å²) >= 11 is 0. The van der Waals surface area contributed by atoms with Crippen molar-refractivity contribution in [2.24, 2.45) is 12.8 Å². The van der Waals surface area contributed by atoms with Crippen molar-refractivity contribution in [1.29, 1.82) is 5.26 Å². The van der Waals surface area contributed by atoms with Crippen LogP contribution in [0.15, 0.2) is 48.4 Å². The van der Waals surface area contributed by atoms with Gasteiger partial charge in [-0.2, -0.15) is 5.26 Å². The largest absolute Gasteiger partial charge is 0.438 e. The highest BCUT2D eigenvalue weighted by molar-refractivity contribution is 5.85. The van der Waals surface area contributed by atoms with Gasteiger partial charge in [-0.15, -0.1) is 0 Å². The number of aromatic nitrogens is 3. The number of fused-ring (bicyclic) bond motifs is 3. The highest BCUT2D eigenvalue weighted by Crippen LogP contribution is 2.44. The Morgan fingerprint density at radius 1 is 1.33 bits per heavy atom. The molecule has 0 saturated carbocycles. The summed E-state index contributed by atoms with van der Waals surface area (Å²) in [5.41, 5.74) is 10.9. The first-order chi connectivity index (χ1) is 11.6. The maximum Gasteiger partial charge on any atom is 0.205 e. The fraction of sp³-hybridized carbons (Fsp3) is 0.167. The molecule has 4 rings (SSSR count). The number of benzene rings is 1. The van der Waals surface area contributed by atoms with E-state index >= 15 is 0 Å². The Bertz CT molecular complexity index is 1040. The smallest absolute Gasteiger partial charge is 0.205 e. The van der Waals surface area contributed by atoms with Gasteiger partial charge in [0.15, 0.2) is 5.75 Å². The van der Waals surface area contributed by atoms with E-state index in [0.717, 1.165) is 27.7 Å². The van der Waals surface area contributed by atoms with Gasteiger partial charge >= 0.3 is 0 Å². The minimum absolute atomic E-state index is 0.120. The minimum Gasteiger partial charge on any atom is -0.438 e. The lowest BCUT2D eigenvalue weighted by Gasteiger charge is -2.26. The Labute approximate surface area is 138 Å². The first kappa shape index (κ1) is 14.3. The fourth-order valence-corrected chi connectivity index (χ4v) is 3.19. The lowest BCUT2D eigenvalue weighted by molar-refractivity contribution is 0.397. The average Bonchev–Trinajstić information content (AvgIpc) is 2.95. The highest BCUT2D eigenvalue weighted by Gasteiger charge is 2.32. The molecule has 24 heavy (non-hydrogen) atoms. The summed E-state index contributed by atoms with van der Waals surface area (Å²) in [4.78, 5) is 8.68. The summed E-state index contributed by atoms with van der Waals surface area (Å²) in [6, 6.07) is 8.16. The molecule has 6 heteroatoms. The molecule has 0 bridgehead atoms. The maximum absolute atomic E-state index is 9.60. The molecule has 1 aliphatic rings. The summed E-state index contributed by atoms with van der Waals surface area (Å²) in [5, 5.41) is 9.60. The maximum atomic E-state index is 9.60. The summed E-state index contributed by atoms with van der Waals surface area (Å²) < 4.78 is 7.70. The van der Waals surface area contributed by atoms with Crippen LogP contribution in [0.2, 0.25) is 0 Å². The van der Waals surface area contributed by atoms with Crippen LogP contribution in [0.4, 0.5) is 0 Å². The molecule has 3 aromatic rings. The fourth-order valence-electron chi connectivity index (χ4n) is 3.19. The number of hydrogen-bond donors (Lipinski definition) is 1. The number of nitrogens with zero attached hydrogens (tertiary/aromatic N) is 4. The number of imidazole rings is 1. The highest BCUT2D eigenvalue weighted by atomic mass is 16.5. The zero-order chi connectivity index (χ0) is 16.8. The normalized spacial score (nSPS) is 16.6. The molecule has 1 aromatic carbocycles. The Morgan fingerprint density at radius 3 is 2.92 bits per heavy atom. The first-order valence-electron chi connectivity index (χ1n) is 7.53.